The van der Waals surface area contributed by atoms with E-state index in [0.717, 1.165) is 3.57 Å². The first-order valence-electron chi connectivity index (χ1n) is 3.98. The number of nitrogens with zero attached hydrogens (tertiary/aromatic N) is 1. The van der Waals surface area contributed by atoms with Crippen LogP contribution in [-0.4, -0.2) is 11.7 Å². The maximum absolute atomic E-state index is 11.6. The van der Waals surface area contributed by atoms with Crippen molar-refractivity contribution in [3.05, 3.63) is 32.9 Å². The minimum absolute atomic E-state index is 0.0680. The molecule has 0 atom stereocenters. The normalized spacial score (nSPS) is 9.50. The predicted octanol–water partition coefficient (Wildman–Crippen LogP) is 2.97. The van der Waals surface area contributed by atoms with Gasteiger partial charge in [0.15, 0.2) is 5.78 Å². The summed E-state index contributed by atoms with van der Waals surface area (Å²) in [5, 5.41) is 8.82. The molecule has 0 bridgehead atoms. The Hall–Kier alpha value is -0.600. The number of benzene rings is 1. The topological polar surface area (TPSA) is 40.9 Å². The Kier molecular flexibility index (Phi) is 4.36. The molecule has 0 aliphatic heterocycles. The number of alkyl halides is 1. The summed E-state index contributed by atoms with van der Waals surface area (Å²) in [6.07, 6.45) is 0.274. The van der Waals surface area contributed by atoms with Crippen LogP contribution in [0, 0.1) is 14.9 Å². The minimum Gasteiger partial charge on any atom is -0.294 e. The number of rotatable bonds is 3. The number of carbonyl (C=O) groups excluding carboxylic acids is 1. The fraction of sp³-hybridized carbons (Fsp3) is 0.200. The van der Waals surface area contributed by atoms with Crippen LogP contribution in [0.15, 0.2) is 18.2 Å². The monoisotopic (exact) mass is 319 g/mol. The van der Waals surface area contributed by atoms with Crippen molar-refractivity contribution in [3.8, 4) is 6.07 Å². The van der Waals surface area contributed by atoms with E-state index in [-0.39, 0.29) is 18.1 Å². The van der Waals surface area contributed by atoms with E-state index in [1.165, 1.54) is 0 Å². The number of carbonyl (C=O) groups is 1. The first kappa shape index (κ1) is 11.5. The Bertz CT molecular complexity index is 398. The molecule has 14 heavy (non-hydrogen) atoms. The Morgan fingerprint density at radius 2 is 2.29 bits per heavy atom. The van der Waals surface area contributed by atoms with Gasteiger partial charge in [-0.1, -0.05) is 6.07 Å². The van der Waals surface area contributed by atoms with Gasteiger partial charge in [0.2, 0.25) is 0 Å². The lowest BCUT2D eigenvalue weighted by Crippen LogP contribution is -2.05. The summed E-state index contributed by atoms with van der Waals surface area (Å²) in [6, 6.07) is 7.22. The van der Waals surface area contributed by atoms with Gasteiger partial charge in [-0.3, -0.25) is 4.79 Å². The molecule has 1 aromatic rings. The van der Waals surface area contributed by atoms with Crippen molar-refractivity contribution in [1.29, 1.82) is 5.26 Å². The molecular formula is C10H7ClINO. The average Bonchev–Trinajstić information content (AvgIpc) is 2.17. The van der Waals surface area contributed by atoms with Crippen molar-refractivity contribution in [2.45, 2.75) is 6.42 Å². The van der Waals surface area contributed by atoms with Crippen molar-refractivity contribution in [2.24, 2.45) is 0 Å². The second-order valence-corrected chi connectivity index (χ2v) is 4.18. The zero-order valence-corrected chi connectivity index (χ0v) is 10.2. The van der Waals surface area contributed by atoms with Gasteiger partial charge in [-0.2, -0.15) is 5.26 Å². The number of hydrogen-bond acceptors (Lipinski definition) is 2. The highest BCUT2D eigenvalue weighted by Crippen LogP contribution is 2.18. The first-order valence-corrected chi connectivity index (χ1v) is 5.59. The molecule has 0 aliphatic rings. The summed E-state index contributed by atoms with van der Waals surface area (Å²) < 4.78 is 0.803. The third-order valence-electron chi connectivity index (χ3n) is 1.73. The maximum Gasteiger partial charge on any atom is 0.166 e. The Balaban J connectivity index is 3.18. The van der Waals surface area contributed by atoms with Gasteiger partial charge in [0.25, 0.3) is 0 Å². The number of Topliss-reactive ketones (excluding diaryl/α,β-unsaturated/α-hetero) is 1. The Morgan fingerprint density at radius 3 is 2.86 bits per heavy atom. The van der Waals surface area contributed by atoms with Crippen LogP contribution in [0.2, 0.25) is 0 Å². The molecule has 0 radical (unpaired) electrons. The highest BCUT2D eigenvalue weighted by molar-refractivity contribution is 14.1. The quantitative estimate of drug-likeness (QED) is 0.488. The summed E-state index contributed by atoms with van der Waals surface area (Å²) in [6.45, 7) is 0. The third kappa shape index (κ3) is 2.46. The molecule has 0 aliphatic carbocycles. The van der Waals surface area contributed by atoms with Gasteiger partial charge < -0.3 is 0 Å². The molecule has 0 amide bonds. The lowest BCUT2D eigenvalue weighted by atomic mass is 10.0. The molecule has 0 saturated heterocycles. The molecule has 0 N–H and O–H groups in total. The molecule has 1 rings (SSSR count). The van der Waals surface area contributed by atoms with Gasteiger partial charge in [-0.15, -0.1) is 11.6 Å². The predicted molar refractivity (Wildman–Crippen MR) is 63.5 cm³/mol. The van der Waals surface area contributed by atoms with Gasteiger partial charge in [-0.05, 0) is 34.7 Å². The van der Waals surface area contributed by atoms with Crippen molar-refractivity contribution in [2.75, 3.05) is 5.88 Å². The van der Waals surface area contributed by atoms with E-state index in [4.69, 9.17) is 16.9 Å². The van der Waals surface area contributed by atoms with E-state index in [1.54, 1.807) is 12.1 Å². The van der Waals surface area contributed by atoms with Crippen molar-refractivity contribution in [1.82, 2.24) is 0 Å². The second kappa shape index (κ2) is 5.32. The fourth-order valence-electron chi connectivity index (χ4n) is 1.11. The van der Waals surface area contributed by atoms with Gasteiger partial charge in [0.1, 0.15) is 0 Å². The molecule has 2 nitrogen and oxygen atoms in total. The Morgan fingerprint density at radius 1 is 1.57 bits per heavy atom. The van der Waals surface area contributed by atoms with Crippen LogP contribution in [-0.2, 0) is 0 Å². The number of nitriles is 1. The summed E-state index contributed by atoms with van der Waals surface area (Å²) >= 11 is 7.54. The highest BCUT2D eigenvalue weighted by atomic mass is 127. The standard InChI is InChI=1S/C10H7ClINO/c11-5-4-9(14)10-7(6-13)2-1-3-8(10)12/h1-3H,4-5H2. The van der Waals surface area contributed by atoms with E-state index in [1.807, 2.05) is 34.7 Å². The van der Waals surface area contributed by atoms with Crippen LogP contribution in [0.25, 0.3) is 0 Å². The largest absolute Gasteiger partial charge is 0.294 e. The average molecular weight is 320 g/mol. The third-order valence-corrected chi connectivity index (χ3v) is 2.82. The number of halogens is 2. The van der Waals surface area contributed by atoms with Crippen LogP contribution >= 0.6 is 34.2 Å². The summed E-state index contributed by atoms with van der Waals surface area (Å²) in [5.41, 5.74) is 0.920. The summed E-state index contributed by atoms with van der Waals surface area (Å²) in [7, 11) is 0. The van der Waals surface area contributed by atoms with Gasteiger partial charge in [0.05, 0.1) is 11.6 Å². The fourth-order valence-corrected chi connectivity index (χ4v) is 2.08. The SMILES string of the molecule is N#Cc1cccc(I)c1C(=O)CCCl. The van der Waals surface area contributed by atoms with Crippen LogP contribution in [0.3, 0.4) is 0 Å². The van der Waals surface area contributed by atoms with Gasteiger partial charge in [-0.25, -0.2) is 0 Å². The first-order chi connectivity index (χ1) is 6.70. The molecule has 1 aromatic carbocycles. The zero-order valence-electron chi connectivity index (χ0n) is 7.26. The highest BCUT2D eigenvalue weighted by Gasteiger charge is 2.13. The second-order valence-electron chi connectivity index (χ2n) is 2.64. The van der Waals surface area contributed by atoms with Crippen molar-refractivity contribution < 1.29 is 4.79 Å². The van der Waals surface area contributed by atoms with Crippen LogP contribution < -0.4 is 0 Å². The van der Waals surface area contributed by atoms with E-state index in [9.17, 15) is 4.79 Å². The minimum atomic E-state index is -0.0680. The summed E-state index contributed by atoms with van der Waals surface area (Å²) in [5.74, 6) is 0.218. The van der Waals surface area contributed by atoms with Crippen LogP contribution in [0.4, 0.5) is 0 Å². The van der Waals surface area contributed by atoms with Gasteiger partial charge >= 0.3 is 0 Å². The molecule has 72 valence electrons. The molecule has 0 heterocycles. The van der Waals surface area contributed by atoms with E-state index < -0.39 is 0 Å². The van der Waals surface area contributed by atoms with Crippen molar-refractivity contribution >= 4 is 40.0 Å². The lowest BCUT2D eigenvalue weighted by Gasteiger charge is -2.03. The molecular weight excluding hydrogens is 312 g/mol. The molecule has 0 spiro atoms. The van der Waals surface area contributed by atoms with Gasteiger partial charge in [0, 0.05) is 21.4 Å². The van der Waals surface area contributed by atoms with E-state index in [2.05, 4.69) is 0 Å². The molecule has 0 saturated carbocycles. The Labute approximate surface area is 101 Å². The number of hydrogen-bond donors (Lipinski definition) is 0. The van der Waals surface area contributed by atoms with Crippen molar-refractivity contribution in [3.63, 3.8) is 0 Å². The maximum atomic E-state index is 11.6. The van der Waals surface area contributed by atoms with Crippen LogP contribution in [0.5, 0.6) is 0 Å². The molecule has 4 heteroatoms. The summed E-state index contributed by atoms with van der Waals surface area (Å²) in [4.78, 5) is 11.6. The van der Waals surface area contributed by atoms with Crippen LogP contribution in [0.1, 0.15) is 22.3 Å². The van der Waals surface area contributed by atoms with E-state index in [0.29, 0.717) is 11.1 Å². The molecule has 0 aromatic heterocycles. The zero-order chi connectivity index (χ0) is 10.6. The number of ketones is 1. The van der Waals surface area contributed by atoms with E-state index >= 15 is 0 Å². The lowest BCUT2D eigenvalue weighted by molar-refractivity contribution is 0.0988. The molecule has 0 unspecified atom stereocenters. The smallest absolute Gasteiger partial charge is 0.166 e. The molecule has 0 fully saturated rings.